The Morgan fingerprint density at radius 2 is 1.71 bits per heavy atom. The summed E-state index contributed by atoms with van der Waals surface area (Å²) in [5, 5.41) is 10.8. The molecule has 2 aromatic rings. The Hall–Kier alpha value is -1.94. The van der Waals surface area contributed by atoms with Crippen LogP contribution in [0, 0.1) is 0 Å². The Morgan fingerprint density at radius 1 is 1.11 bits per heavy atom. The van der Waals surface area contributed by atoms with E-state index in [1.807, 2.05) is 37.3 Å². The zero-order valence-corrected chi connectivity index (χ0v) is 15.9. The van der Waals surface area contributed by atoms with Crippen LogP contribution in [-0.2, 0) is 11.0 Å². The summed E-state index contributed by atoms with van der Waals surface area (Å²) in [6.07, 6.45) is -4.34. The monoisotopic (exact) mass is 387 g/mol. The van der Waals surface area contributed by atoms with E-state index in [1.165, 1.54) is 12.1 Å². The number of likely N-dealkylation sites (N-methyl/N-ethyl adjacent to an activating group) is 1. The molecule has 0 unspecified atom stereocenters. The van der Waals surface area contributed by atoms with E-state index in [0.29, 0.717) is 25.3 Å². The summed E-state index contributed by atoms with van der Waals surface area (Å²) in [5.41, 5.74) is 0.124. The van der Waals surface area contributed by atoms with Gasteiger partial charge in [-0.3, -0.25) is 4.90 Å². The number of rotatable bonds is 9. The van der Waals surface area contributed by atoms with Crippen molar-refractivity contribution in [3.63, 3.8) is 0 Å². The Bertz CT molecular complexity index is 724. The van der Waals surface area contributed by atoms with E-state index >= 15 is 0 Å². The van der Waals surface area contributed by atoms with Crippen LogP contribution in [0.2, 0.25) is 0 Å². The van der Waals surface area contributed by atoms with Crippen molar-refractivity contribution in [3.8, 4) is 5.75 Å². The third-order valence-electron chi connectivity index (χ3n) is 4.14. The second-order valence-corrected chi connectivity index (χ2v) is 6.07. The minimum absolute atomic E-state index is 0. The molecule has 0 amide bonds. The summed E-state index contributed by atoms with van der Waals surface area (Å²) in [4.78, 5) is 12.5. The van der Waals surface area contributed by atoms with Gasteiger partial charge in [-0.15, -0.1) is 0 Å². The van der Waals surface area contributed by atoms with Crippen LogP contribution in [0.3, 0.4) is 0 Å². The molecule has 0 heterocycles. The first-order valence-corrected chi connectivity index (χ1v) is 8.60. The number of carbonyl (C=O) groups excluding carboxylic acids is 1. The average Bonchev–Trinajstić information content (AvgIpc) is 2.64. The number of carboxylic acid groups (broad SMARTS) is 1. The Balaban J connectivity index is 0.00000392. The zero-order valence-electron chi connectivity index (χ0n) is 15.9. The molecule has 0 aliphatic heterocycles. The topological polar surface area (TPSA) is 52.6 Å². The van der Waals surface area contributed by atoms with Gasteiger partial charge in [0, 0.05) is 19.5 Å². The van der Waals surface area contributed by atoms with E-state index in [0.717, 1.165) is 17.7 Å². The number of alkyl halides is 3. The number of ether oxygens (including phenoxy) is 1. The molecule has 8 heteroatoms. The van der Waals surface area contributed by atoms with Crippen molar-refractivity contribution in [2.45, 2.75) is 25.6 Å². The van der Waals surface area contributed by atoms with Gasteiger partial charge in [-0.25, -0.2) is 0 Å². The average molecular weight is 387 g/mol. The van der Waals surface area contributed by atoms with Gasteiger partial charge in [0.25, 0.3) is 0 Å². The number of aliphatic carboxylic acids is 1. The van der Waals surface area contributed by atoms with Crippen molar-refractivity contribution in [3.05, 3.63) is 65.7 Å². The normalized spacial score (nSPS) is 12.3. The Morgan fingerprint density at radius 3 is 2.21 bits per heavy atom. The van der Waals surface area contributed by atoms with Crippen molar-refractivity contribution in [1.82, 2.24) is 4.90 Å². The molecular weight excluding hydrogens is 366 g/mol. The zero-order chi connectivity index (χ0) is 19.9. The molecule has 0 radical (unpaired) electrons. The van der Waals surface area contributed by atoms with Gasteiger partial charge in [-0.1, -0.05) is 37.3 Å². The number of nitrogens with zero attached hydrogens (tertiary/aromatic N) is 1. The fourth-order valence-electron chi connectivity index (χ4n) is 2.68. The van der Waals surface area contributed by atoms with E-state index in [9.17, 15) is 23.1 Å². The minimum Gasteiger partial charge on any atom is -0.549 e. The van der Waals surface area contributed by atoms with Gasteiger partial charge >= 0.3 is 25.0 Å². The van der Waals surface area contributed by atoms with Gasteiger partial charge in [-0.05, 0) is 36.4 Å². The number of hydrogen-bond acceptors (Lipinski definition) is 4. The van der Waals surface area contributed by atoms with E-state index in [-0.39, 0.29) is 25.4 Å². The molecule has 0 aliphatic rings. The molecule has 0 spiro atoms. The largest absolute Gasteiger partial charge is 1.00 e. The van der Waals surface area contributed by atoms with Crippen LogP contribution in [0.4, 0.5) is 13.2 Å². The maximum Gasteiger partial charge on any atom is 1.00 e. The fraction of sp³-hybridized carbons (Fsp3) is 0.350. The first-order valence-electron chi connectivity index (χ1n) is 8.60. The van der Waals surface area contributed by atoms with Crippen LogP contribution in [0.5, 0.6) is 5.75 Å². The molecular formula is C20H21F3LiNO3. The van der Waals surface area contributed by atoms with Crippen LogP contribution in [-0.4, -0.2) is 30.5 Å². The molecule has 0 aromatic heterocycles. The predicted octanol–water partition coefficient (Wildman–Crippen LogP) is 0.291. The molecule has 2 rings (SSSR count). The number of benzene rings is 2. The summed E-state index contributed by atoms with van der Waals surface area (Å²) in [7, 11) is 0. The Kier molecular flexibility index (Phi) is 9.60. The summed E-state index contributed by atoms with van der Waals surface area (Å²) >= 11 is 0. The van der Waals surface area contributed by atoms with E-state index in [2.05, 4.69) is 0 Å². The molecule has 0 bridgehead atoms. The summed E-state index contributed by atoms with van der Waals surface area (Å²) in [6, 6.07) is 13.8. The third-order valence-corrected chi connectivity index (χ3v) is 4.14. The van der Waals surface area contributed by atoms with Gasteiger partial charge in [0.05, 0.1) is 11.5 Å². The molecule has 0 N–H and O–H groups in total. The number of carboxylic acids is 1. The van der Waals surface area contributed by atoms with Crippen molar-refractivity contribution in [1.29, 1.82) is 0 Å². The fourth-order valence-corrected chi connectivity index (χ4v) is 2.68. The summed E-state index contributed by atoms with van der Waals surface area (Å²) < 4.78 is 44.0. The van der Waals surface area contributed by atoms with Crippen LogP contribution in [0.15, 0.2) is 54.6 Å². The van der Waals surface area contributed by atoms with E-state index in [4.69, 9.17) is 4.74 Å². The van der Waals surface area contributed by atoms with Gasteiger partial charge in [-0.2, -0.15) is 13.2 Å². The van der Waals surface area contributed by atoms with Crippen LogP contribution in [0.25, 0.3) is 0 Å². The molecule has 28 heavy (non-hydrogen) atoms. The van der Waals surface area contributed by atoms with Crippen LogP contribution >= 0.6 is 0 Å². The summed E-state index contributed by atoms with van der Waals surface area (Å²) in [5.74, 6) is -0.837. The van der Waals surface area contributed by atoms with E-state index < -0.39 is 23.8 Å². The van der Waals surface area contributed by atoms with Crippen LogP contribution < -0.4 is 28.7 Å². The molecule has 0 fully saturated rings. The van der Waals surface area contributed by atoms with Gasteiger partial charge < -0.3 is 14.6 Å². The molecule has 146 valence electrons. The summed E-state index contributed by atoms with van der Waals surface area (Å²) in [6.45, 7) is 2.65. The maximum absolute atomic E-state index is 12.7. The second kappa shape index (κ2) is 11.2. The molecule has 0 aliphatic carbocycles. The standard InChI is InChI=1S/C20H22F3NO3.Li/c1-2-24(14-19(25)26)13-12-18(15-6-4-3-5-7-15)27-17-10-8-16(9-11-17)20(21,22)23;/h3-11,18H,2,12-14H2,1H3,(H,25,26);/q;+1/p-1/t18-;/m0./s1. The maximum atomic E-state index is 12.7. The number of carbonyl (C=O) groups is 1. The second-order valence-electron chi connectivity index (χ2n) is 6.07. The smallest absolute Gasteiger partial charge is 0.549 e. The van der Waals surface area contributed by atoms with Crippen LogP contribution in [0.1, 0.15) is 30.6 Å². The van der Waals surface area contributed by atoms with E-state index in [1.54, 1.807) is 4.90 Å². The molecule has 1 atom stereocenters. The van der Waals surface area contributed by atoms with Gasteiger partial charge in [0.1, 0.15) is 11.9 Å². The minimum atomic E-state index is -4.40. The SMILES string of the molecule is CCN(CC[C@H](Oc1ccc(C(F)(F)F)cc1)c1ccccc1)CC(=O)[O-].[Li+]. The number of hydrogen-bond donors (Lipinski definition) is 0. The van der Waals surface area contributed by atoms with Gasteiger partial charge in [0.2, 0.25) is 0 Å². The first kappa shape index (κ1) is 24.1. The molecule has 0 saturated heterocycles. The van der Waals surface area contributed by atoms with Crippen molar-refractivity contribution in [2.75, 3.05) is 19.6 Å². The quantitative estimate of drug-likeness (QED) is 0.581. The molecule has 0 saturated carbocycles. The predicted molar refractivity (Wildman–Crippen MR) is 93.0 cm³/mol. The molecule has 2 aromatic carbocycles. The van der Waals surface area contributed by atoms with Gasteiger partial charge in [0.15, 0.2) is 0 Å². The Labute approximate surface area is 174 Å². The first-order chi connectivity index (χ1) is 12.8. The van der Waals surface area contributed by atoms with Crippen molar-refractivity contribution >= 4 is 5.97 Å². The third kappa shape index (κ3) is 7.59. The van der Waals surface area contributed by atoms with Crippen molar-refractivity contribution in [2.24, 2.45) is 0 Å². The van der Waals surface area contributed by atoms with Crippen molar-refractivity contribution < 1.29 is 46.7 Å². The number of halogens is 3. The molecule has 4 nitrogen and oxygen atoms in total.